The largest absolute Gasteiger partial charge is 0.0742 e. The molecule has 0 N–H and O–H groups in total. The van der Waals surface area contributed by atoms with Gasteiger partial charge in [0.15, 0.2) is 0 Å². The van der Waals surface area contributed by atoms with Crippen LogP contribution in [0.5, 0.6) is 0 Å². The highest BCUT2D eigenvalue weighted by Gasteiger charge is 2.79. The maximum atomic E-state index is 3.11. The van der Waals surface area contributed by atoms with Crippen LogP contribution < -0.4 is 0 Å². The molecular weight excluding hydrogens is 493 g/mol. The van der Waals surface area contributed by atoms with Gasteiger partial charge in [0.1, 0.15) is 0 Å². The minimum atomic E-state index is -1.43. The van der Waals surface area contributed by atoms with Gasteiger partial charge < -0.3 is 0 Å². The Bertz CT molecular complexity index is 458. The zero-order chi connectivity index (χ0) is 24.5. The van der Waals surface area contributed by atoms with Crippen molar-refractivity contribution in [2.45, 2.75) is 131 Å². The van der Waals surface area contributed by atoms with Crippen molar-refractivity contribution in [2.75, 3.05) is 0 Å². The van der Waals surface area contributed by atoms with Gasteiger partial charge >= 0.3 is 0 Å². The summed E-state index contributed by atoms with van der Waals surface area (Å²) >= 11 is 0. The molecule has 0 fully saturated rings. The molecule has 0 atom stereocenters. The summed E-state index contributed by atoms with van der Waals surface area (Å²) in [6.07, 6.45) is -2.74. The molecule has 0 aromatic carbocycles. The second kappa shape index (κ2) is 8.02. The van der Waals surface area contributed by atoms with E-state index in [-0.39, 0.29) is 0 Å². The zero-order valence-corrected chi connectivity index (χ0v) is 33.5. The van der Waals surface area contributed by atoms with Crippen LogP contribution in [0, 0.1) is 0 Å². The maximum absolute atomic E-state index is 3.11. The van der Waals surface area contributed by atoms with Crippen molar-refractivity contribution < 1.29 is 0 Å². The first-order valence-corrected chi connectivity index (χ1v) is 48.0. The molecule has 29 heavy (non-hydrogen) atoms. The summed E-state index contributed by atoms with van der Waals surface area (Å²) < 4.78 is 0. The van der Waals surface area contributed by atoms with Crippen LogP contribution in [0.1, 0.15) is 0 Å². The average Bonchev–Trinajstić information content (AvgIpc) is 2.12. The summed E-state index contributed by atoms with van der Waals surface area (Å²) in [5, 5.41) is 0. The van der Waals surface area contributed by atoms with Gasteiger partial charge in [-0.1, -0.05) is 131 Å². The van der Waals surface area contributed by atoms with Gasteiger partial charge in [-0.25, -0.2) is 0 Å². The Balaban J connectivity index is 8.22. The van der Waals surface area contributed by atoms with Gasteiger partial charge in [-0.3, -0.25) is 0 Å². The lowest BCUT2D eigenvalue weighted by Gasteiger charge is -2.75. The lowest BCUT2D eigenvalue weighted by molar-refractivity contribution is 1.72. The standard InChI is InChI=1S/C20H60Si9/c1-21(2,3)28(22(4,5)6,23(7,8)9)27(19,20)29(24(10,11)12,25(13,14)15)26(16,17)18/h1-20H3. The van der Waals surface area contributed by atoms with E-state index in [0.29, 0.717) is 0 Å². The van der Waals surface area contributed by atoms with E-state index in [1.807, 2.05) is 0 Å². The third kappa shape index (κ3) is 4.28. The van der Waals surface area contributed by atoms with Crippen molar-refractivity contribution in [1.82, 2.24) is 0 Å². The van der Waals surface area contributed by atoms with E-state index in [9.17, 15) is 0 Å². The molecule has 0 aromatic rings. The van der Waals surface area contributed by atoms with Gasteiger partial charge in [-0.15, -0.1) is 0 Å². The molecule has 0 bridgehead atoms. The number of hydrogen-bond donors (Lipinski definition) is 0. The minimum Gasteiger partial charge on any atom is -0.0742 e. The first-order valence-electron chi connectivity index (χ1n) is 12.0. The van der Waals surface area contributed by atoms with Crippen molar-refractivity contribution in [2.24, 2.45) is 0 Å². The summed E-state index contributed by atoms with van der Waals surface area (Å²) in [6, 6.07) is 0. The van der Waals surface area contributed by atoms with Gasteiger partial charge in [0, 0.05) is 64.9 Å². The third-order valence-corrected chi connectivity index (χ3v) is 253. The fraction of sp³-hybridized carbons (Fsp3) is 1.00. The minimum absolute atomic E-state index is 1.26. The molecule has 0 nitrogen and oxygen atoms in total. The van der Waals surface area contributed by atoms with Crippen LogP contribution in [0.2, 0.25) is 131 Å². The Labute approximate surface area is 194 Å². The fourth-order valence-corrected chi connectivity index (χ4v) is 463. The second-order valence-electron chi connectivity index (χ2n) is 16.6. The van der Waals surface area contributed by atoms with Crippen LogP contribution in [0.25, 0.3) is 0 Å². The van der Waals surface area contributed by atoms with Gasteiger partial charge in [-0.2, -0.15) is 0 Å². The molecule has 0 spiro atoms. The van der Waals surface area contributed by atoms with Crippen molar-refractivity contribution in [3.8, 4) is 0 Å². The predicted octanol–water partition coefficient (Wildman–Crippen LogP) is 8.25. The van der Waals surface area contributed by atoms with E-state index < -0.39 is 64.9 Å². The van der Waals surface area contributed by atoms with Crippen molar-refractivity contribution in [1.29, 1.82) is 0 Å². The molecule has 0 aliphatic rings. The van der Waals surface area contributed by atoms with E-state index in [1.54, 1.807) is 0 Å². The maximum Gasteiger partial charge on any atom is 0.0311 e. The van der Waals surface area contributed by atoms with Crippen molar-refractivity contribution in [3.05, 3.63) is 0 Å². The Hall–Kier alpha value is 1.95. The number of hydrogen-bond acceptors (Lipinski definition) is 0. The quantitative estimate of drug-likeness (QED) is 0.266. The van der Waals surface area contributed by atoms with Crippen LogP contribution >= 0.6 is 0 Å². The summed E-state index contributed by atoms with van der Waals surface area (Å²) in [5.74, 6) is 0. The fourth-order valence-electron chi connectivity index (χ4n) is 12.7. The SMILES string of the molecule is C[Si](C)(C)[Si]([Si](C)(C)C)([Si](C)(C)C)[Si](C)(C)[Si]([Si](C)(C)C)([Si](C)(C)C)[Si](C)(C)C. The van der Waals surface area contributed by atoms with Crippen LogP contribution in [-0.2, 0) is 0 Å². The second-order valence-corrected chi connectivity index (χ2v) is 122. The lowest BCUT2D eigenvalue weighted by Crippen LogP contribution is -3.05. The summed E-state index contributed by atoms with van der Waals surface area (Å²) in [4.78, 5) is 0. The summed E-state index contributed by atoms with van der Waals surface area (Å²) in [5.41, 5.74) is 0. The first-order chi connectivity index (χ1) is 12.0. The topological polar surface area (TPSA) is 0 Å². The molecule has 9 heteroatoms. The van der Waals surface area contributed by atoms with E-state index in [2.05, 4.69) is 131 Å². The molecule has 0 unspecified atom stereocenters. The van der Waals surface area contributed by atoms with Crippen molar-refractivity contribution >= 4 is 64.9 Å². The number of rotatable bonds is 8. The van der Waals surface area contributed by atoms with Crippen LogP contribution in [-0.4, -0.2) is 64.9 Å². The molecule has 0 aromatic heterocycles. The smallest absolute Gasteiger partial charge is 0.0311 e. The molecule has 0 rings (SSSR count). The normalized spacial score (nSPS) is 17.0. The van der Waals surface area contributed by atoms with Gasteiger partial charge in [0.25, 0.3) is 0 Å². The molecular formula is C20H60Si9. The molecule has 0 aliphatic carbocycles. The van der Waals surface area contributed by atoms with Gasteiger partial charge in [-0.05, 0) is 0 Å². The molecule has 176 valence electrons. The highest BCUT2D eigenvalue weighted by atomic mass is 30.4. The van der Waals surface area contributed by atoms with E-state index in [1.165, 1.54) is 0 Å². The average molecular weight is 553 g/mol. The Morgan fingerprint density at radius 2 is 0.310 bits per heavy atom. The molecule has 0 radical (unpaired) electrons. The van der Waals surface area contributed by atoms with E-state index in [4.69, 9.17) is 0 Å². The van der Waals surface area contributed by atoms with Crippen LogP contribution in [0.3, 0.4) is 0 Å². The Morgan fingerprint density at radius 1 is 0.207 bits per heavy atom. The Kier molecular flexibility index (Phi) is 8.56. The van der Waals surface area contributed by atoms with Crippen LogP contribution in [0.15, 0.2) is 0 Å². The summed E-state index contributed by atoms with van der Waals surface area (Å²) in [6.45, 7) is 58.0. The molecule has 0 amide bonds. The van der Waals surface area contributed by atoms with Crippen LogP contribution in [0.4, 0.5) is 0 Å². The molecule has 0 saturated carbocycles. The highest BCUT2D eigenvalue weighted by molar-refractivity contribution is 8.25. The highest BCUT2D eigenvalue weighted by Crippen LogP contribution is 2.53. The Morgan fingerprint density at radius 3 is 0.379 bits per heavy atom. The van der Waals surface area contributed by atoms with E-state index >= 15 is 0 Å². The van der Waals surface area contributed by atoms with Gasteiger partial charge in [0.05, 0.1) is 0 Å². The van der Waals surface area contributed by atoms with Crippen molar-refractivity contribution in [3.63, 3.8) is 0 Å². The summed E-state index contributed by atoms with van der Waals surface area (Å²) in [7, 11) is -9.01. The molecule has 0 heterocycles. The van der Waals surface area contributed by atoms with Gasteiger partial charge in [0.2, 0.25) is 0 Å². The lowest BCUT2D eigenvalue weighted by atomic mass is 11.8. The predicted molar refractivity (Wildman–Crippen MR) is 169 cm³/mol. The molecule has 0 saturated heterocycles. The monoisotopic (exact) mass is 552 g/mol. The molecule has 0 aliphatic heterocycles. The third-order valence-electron chi connectivity index (χ3n) is 8.62. The zero-order valence-electron chi connectivity index (χ0n) is 24.5. The first kappa shape index (κ1) is 31.0. The van der Waals surface area contributed by atoms with E-state index in [0.717, 1.165) is 0 Å².